The highest BCUT2D eigenvalue weighted by Gasteiger charge is 2.13. The number of halogens is 2. The molecular formula is C12H12F2N2O. The van der Waals surface area contributed by atoms with E-state index >= 15 is 0 Å². The Kier molecular flexibility index (Phi) is 3.19. The van der Waals surface area contributed by atoms with Gasteiger partial charge in [-0.15, -0.1) is 0 Å². The number of hydrogen-bond donors (Lipinski definition) is 1. The Morgan fingerprint density at radius 2 is 1.71 bits per heavy atom. The molecule has 1 unspecified atom stereocenters. The van der Waals surface area contributed by atoms with Crippen molar-refractivity contribution in [1.29, 1.82) is 0 Å². The molecule has 5 heteroatoms. The van der Waals surface area contributed by atoms with Gasteiger partial charge in [-0.25, -0.2) is 8.78 Å². The van der Waals surface area contributed by atoms with E-state index in [2.05, 4.69) is 5.10 Å². The van der Waals surface area contributed by atoms with E-state index in [9.17, 15) is 13.9 Å². The van der Waals surface area contributed by atoms with Crippen LogP contribution in [0.25, 0.3) is 0 Å². The first-order valence-corrected chi connectivity index (χ1v) is 5.12. The molecule has 0 aliphatic carbocycles. The lowest BCUT2D eigenvalue weighted by Gasteiger charge is -2.09. The van der Waals surface area contributed by atoms with E-state index in [1.54, 1.807) is 24.1 Å². The standard InChI is InChI=1S/C12H12F2N2O/c1-16-7-10(6-15-16)11(17)8-2-4-9(5-3-8)12(13)14/h2-7,11-12,17H,1H3. The SMILES string of the molecule is Cn1cc(C(O)c2ccc(C(F)F)cc2)cn1. The molecule has 1 atom stereocenters. The molecule has 1 aromatic heterocycles. The van der Waals surface area contributed by atoms with Gasteiger partial charge in [0.25, 0.3) is 6.43 Å². The Labute approximate surface area is 97.3 Å². The van der Waals surface area contributed by atoms with E-state index in [0.717, 1.165) is 0 Å². The van der Waals surface area contributed by atoms with Crippen LogP contribution in [0.1, 0.15) is 29.2 Å². The van der Waals surface area contributed by atoms with E-state index < -0.39 is 12.5 Å². The summed E-state index contributed by atoms with van der Waals surface area (Å²) in [6.45, 7) is 0. The second kappa shape index (κ2) is 4.63. The fraction of sp³-hybridized carbons (Fsp3) is 0.250. The zero-order valence-corrected chi connectivity index (χ0v) is 9.22. The number of aromatic nitrogens is 2. The second-order valence-corrected chi connectivity index (χ2v) is 3.82. The Morgan fingerprint density at radius 1 is 1.12 bits per heavy atom. The Hall–Kier alpha value is -1.75. The van der Waals surface area contributed by atoms with Crippen LogP contribution in [0.3, 0.4) is 0 Å². The van der Waals surface area contributed by atoms with E-state index in [-0.39, 0.29) is 5.56 Å². The molecule has 0 aliphatic heterocycles. The Morgan fingerprint density at radius 3 is 2.18 bits per heavy atom. The van der Waals surface area contributed by atoms with Gasteiger partial charge >= 0.3 is 0 Å². The second-order valence-electron chi connectivity index (χ2n) is 3.82. The number of hydrogen-bond acceptors (Lipinski definition) is 2. The van der Waals surface area contributed by atoms with Gasteiger partial charge in [-0.1, -0.05) is 24.3 Å². The molecule has 0 radical (unpaired) electrons. The number of nitrogens with zero attached hydrogens (tertiary/aromatic N) is 2. The molecule has 1 heterocycles. The third kappa shape index (κ3) is 2.50. The average Bonchev–Trinajstić information content (AvgIpc) is 2.75. The molecule has 1 N–H and O–H groups in total. The number of aliphatic hydroxyl groups excluding tert-OH is 1. The van der Waals surface area contributed by atoms with Crippen molar-refractivity contribution in [1.82, 2.24) is 9.78 Å². The van der Waals surface area contributed by atoms with Gasteiger partial charge in [0, 0.05) is 24.4 Å². The smallest absolute Gasteiger partial charge is 0.263 e. The van der Waals surface area contributed by atoms with Gasteiger partial charge in [0.1, 0.15) is 6.10 Å². The minimum Gasteiger partial charge on any atom is -0.384 e. The van der Waals surface area contributed by atoms with E-state index in [1.165, 1.54) is 24.3 Å². The van der Waals surface area contributed by atoms with Crippen molar-refractivity contribution in [3.05, 3.63) is 53.3 Å². The molecule has 17 heavy (non-hydrogen) atoms. The quantitative estimate of drug-likeness (QED) is 0.891. The van der Waals surface area contributed by atoms with Crippen molar-refractivity contribution in [2.75, 3.05) is 0 Å². The van der Waals surface area contributed by atoms with Crippen molar-refractivity contribution in [3.8, 4) is 0 Å². The number of aliphatic hydroxyl groups is 1. The lowest BCUT2D eigenvalue weighted by molar-refractivity contribution is 0.151. The van der Waals surface area contributed by atoms with Crippen LogP contribution >= 0.6 is 0 Å². The Balaban J connectivity index is 2.22. The molecule has 0 saturated carbocycles. The lowest BCUT2D eigenvalue weighted by Crippen LogP contribution is -1.98. The summed E-state index contributed by atoms with van der Waals surface area (Å²) < 4.78 is 26.3. The van der Waals surface area contributed by atoms with Crippen molar-refractivity contribution < 1.29 is 13.9 Å². The van der Waals surface area contributed by atoms with Crippen LogP contribution in [0, 0.1) is 0 Å². The van der Waals surface area contributed by atoms with Gasteiger partial charge < -0.3 is 5.11 Å². The van der Waals surface area contributed by atoms with Crippen molar-refractivity contribution in [2.45, 2.75) is 12.5 Å². The van der Waals surface area contributed by atoms with Crippen LogP contribution in [0.4, 0.5) is 8.78 Å². The summed E-state index contributed by atoms with van der Waals surface area (Å²) >= 11 is 0. The minimum absolute atomic E-state index is 0.0489. The van der Waals surface area contributed by atoms with Gasteiger partial charge in [-0.05, 0) is 5.56 Å². The van der Waals surface area contributed by atoms with Gasteiger partial charge in [-0.2, -0.15) is 5.10 Å². The zero-order valence-electron chi connectivity index (χ0n) is 9.22. The van der Waals surface area contributed by atoms with Crippen LogP contribution < -0.4 is 0 Å². The van der Waals surface area contributed by atoms with E-state index in [1.807, 2.05) is 0 Å². The molecule has 3 nitrogen and oxygen atoms in total. The summed E-state index contributed by atoms with van der Waals surface area (Å²) in [5.41, 5.74) is 1.16. The van der Waals surface area contributed by atoms with Gasteiger partial charge in [0.15, 0.2) is 0 Å². The molecule has 0 spiro atoms. The predicted molar refractivity (Wildman–Crippen MR) is 58.7 cm³/mol. The fourth-order valence-corrected chi connectivity index (χ4v) is 1.60. The third-order valence-corrected chi connectivity index (χ3v) is 2.54. The normalized spacial score (nSPS) is 13.0. The van der Waals surface area contributed by atoms with Crippen LogP contribution in [0.2, 0.25) is 0 Å². The van der Waals surface area contributed by atoms with E-state index in [0.29, 0.717) is 11.1 Å². The molecule has 0 amide bonds. The summed E-state index contributed by atoms with van der Waals surface area (Å²) in [6.07, 6.45) is -0.0906. The molecule has 0 bridgehead atoms. The summed E-state index contributed by atoms with van der Waals surface area (Å²) in [4.78, 5) is 0. The monoisotopic (exact) mass is 238 g/mol. The van der Waals surface area contributed by atoms with Crippen LogP contribution in [-0.4, -0.2) is 14.9 Å². The zero-order chi connectivity index (χ0) is 12.4. The number of rotatable bonds is 3. The topological polar surface area (TPSA) is 38.0 Å². The van der Waals surface area contributed by atoms with Gasteiger partial charge in [0.05, 0.1) is 6.20 Å². The molecule has 0 fully saturated rings. The van der Waals surface area contributed by atoms with Gasteiger partial charge in [-0.3, -0.25) is 4.68 Å². The maximum absolute atomic E-state index is 12.4. The van der Waals surface area contributed by atoms with Crippen molar-refractivity contribution >= 4 is 0 Å². The van der Waals surface area contributed by atoms with Crippen molar-refractivity contribution in [3.63, 3.8) is 0 Å². The molecule has 0 saturated heterocycles. The minimum atomic E-state index is -2.49. The highest BCUT2D eigenvalue weighted by atomic mass is 19.3. The summed E-state index contributed by atoms with van der Waals surface area (Å²) in [5.74, 6) is 0. The molecular weight excluding hydrogens is 226 g/mol. The largest absolute Gasteiger partial charge is 0.384 e. The number of benzene rings is 1. The number of alkyl halides is 2. The highest BCUT2D eigenvalue weighted by molar-refractivity contribution is 5.30. The first-order chi connectivity index (χ1) is 8.08. The number of aryl methyl sites for hydroxylation is 1. The Bertz CT molecular complexity index is 493. The lowest BCUT2D eigenvalue weighted by atomic mass is 10.0. The molecule has 2 rings (SSSR count). The van der Waals surface area contributed by atoms with Crippen LogP contribution in [0.15, 0.2) is 36.7 Å². The van der Waals surface area contributed by atoms with Crippen LogP contribution in [0.5, 0.6) is 0 Å². The average molecular weight is 238 g/mol. The highest BCUT2D eigenvalue weighted by Crippen LogP contribution is 2.24. The van der Waals surface area contributed by atoms with E-state index in [4.69, 9.17) is 0 Å². The molecule has 0 aliphatic rings. The van der Waals surface area contributed by atoms with Crippen molar-refractivity contribution in [2.24, 2.45) is 7.05 Å². The predicted octanol–water partition coefficient (Wildman–Crippen LogP) is 2.44. The summed E-state index contributed by atoms with van der Waals surface area (Å²) in [7, 11) is 1.75. The first kappa shape index (κ1) is 11.7. The maximum atomic E-state index is 12.4. The van der Waals surface area contributed by atoms with Gasteiger partial charge in [0.2, 0.25) is 0 Å². The summed E-state index contributed by atoms with van der Waals surface area (Å²) in [5, 5.41) is 13.9. The molecule has 2 aromatic rings. The molecule has 1 aromatic carbocycles. The third-order valence-electron chi connectivity index (χ3n) is 2.54. The molecule has 90 valence electrons. The van der Waals surface area contributed by atoms with Crippen LogP contribution in [-0.2, 0) is 7.05 Å². The summed E-state index contributed by atoms with van der Waals surface area (Å²) in [6, 6.07) is 5.64. The first-order valence-electron chi connectivity index (χ1n) is 5.12. The fourth-order valence-electron chi connectivity index (χ4n) is 1.60. The maximum Gasteiger partial charge on any atom is 0.263 e.